The van der Waals surface area contributed by atoms with Gasteiger partial charge in [-0.25, -0.2) is 8.78 Å². The first-order chi connectivity index (χ1) is 8.74. The third-order valence-corrected chi connectivity index (χ3v) is 2.97. The van der Waals surface area contributed by atoms with Crippen molar-refractivity contribution >= 4 is 5.69 Å². The van der Waals surface area contributed by atoms with E-state index in [1.165, 1.54) is 6.07 Å². The minimum atomic E-state index is -0.840. The maximum atomic E-state index is 13.2. The highest BCUT2D eigenvalue weighted by atomic mass is 19.2. The summed E-state index contributed by atoms with van der Waals surface area (Å²) in [6.45, 7) is 0.391. The summed E-state index contributed by atoms with van der Waals surface area (Å²) in [6.07, 6.45) is 0. The Kier molecular flexibility index (Phi) is 2.63. The summed E-state index contributed by atoms with van der Waals surface area (Å²) >= 11 is 0. The van der Waals surface area contributed by atoms with Crippen LogP contribution in [0, 0.1) is 11.6 Å². The molecule has 92 valence electrons. The average Bonchev–Trinajstić information content (AvgIpc) is 2.41. The number of ether oxygens (including phenoxy) is 1. The second-order valence-electron chi connectivity index (χ2n) is 4.18. The number of hydrogen-bond donors (Lipinski definition) is 1. The molecule has 0 saturated heterocycles. The monoisotopic (exact) mass is 247 g/mol. The second-order valence-corrected chi connectivity index (χ2v) is 4.18. The fourth-order valence-electron chi connectivity index (χ4n) is 2.02. The quantitative estimate of drug-likeness (QED) is 0.832. The van der Waals surface area contributed by atoms with Crippen molar-refractivity contribution in [1.29, 1.82) is 0 Å². The number of nitrogens with one attached hydrogen (secondary N) is 1. The number of fused-ring (bicyclic) bond motifs is 1. The molecule has 1 heterocycles. The molecule has 4 heteroatoms. The molecule has 2 aromatic carbocycles. The normalized spacial score (nSPS) is 17.6. The van der Waals surface area contributed by atoms with Gasteiger partial charge in [0.05, 0.1) is 11.7 Å². The van der Waals surface area contributed by atoms with Crippen molar-refractivity contribution in [2.75, 3.05) is 11.9 Å². The van der Waals surface area contributed by atoms with E-state index in [0.29, 0.717) is 12.2 Å². The summed E-state index contributed by atoms with van der Waals surface area (Å²) < 4.78 is 31.6. The van der Waals surface area contributed by atoms with Crippen LogP contribution in [0.1, 0.15) is 11.6 Å². The lowest BCUT2D eigenvalue weighted by Crippen LogP contribution is -2.24. The molecule has 1 aliphatic heterocycles. The van der Waals surface area contributed by atoms with Crippen LogP contribution in [0.5, 0.6) is 5.75 Å². The molecular formula is C14H11F2NO. The zero-order valence-electron chi connectivity index (χ0n) is 9.49. The number of para-hydroxylation sites is 2. The molecule has 0 spiro atoms. The van der Waals surface area contributed by atoms with Crippen LogP contribution >= 0.6 is 0 Å². The van der Waals surface area contributed by atoms with Gasteiger partial charge in [-0.1, -0.05) is 18.2 Å². The van der Waals surface area contributed by atoms with Gasteiger partial charge in [0.2, 0.25) is 0 Å². The fraction of sp³-hybridized carbons (Fsp3) is 0.143. The molecule has 0 bridgehead atoms. The Morgan fingerprint density at radius 3 is 2.72 bits per heavy atom. The number of rotatable bonds is 1. The van der Waals surface area contributed by atoms with Crippen LogP contribution < -0.4 is 10.1 Å². The van der Waals surface area contributed by atoms with Crippen LogP contribution in [-0.4, -0.2) is 6.61 Å². The Labute approximate surface area is 103 Å². The highest BCUT2D eigenvalue weighted by Crippen LogP contribution is 2.33. The van der Waals surface area contributed by atoms with Crippen molar-refractivity contribution in [2.45, 2.75) is 6.04 Å². The summed E-state index contributed by atoms with van der Waals surface area (Å²) in [5.74, 6) is -0.902. The lowest BCUT2D eigenvalue weighted by molar-refractivity contribution is 0.286. The smallest absolute Gasteiger partial charge is 0.159 e. The lowest BCUT2D eigenvalue weighted by atomic mass is 10.1. The Balaban J connectivity index is 1.89. The van der Waals surface area contributed by atoms with Crippen LogP contribution in [0.15, 0.2) is 42.5 Å². The van der Waals surface area contributed by atoms with Gasteiger partial charge in [0, 0.05) is 0 Å². The molecule has 1 aliphatic rings. The van der Waals surface area contributed by atoms with Crippen molar-refractivity contribution in [3.8, 4) is 5.75 Å². The molecule has 1 N–H and O–H groups in total. The van der Waals surface area contributed by atoms with Crippen LogP contribution in [0.4, 0.5) is 14.5 Å². The first kappa shape index (κ1) is 11.0. The van der Waals surface area contributed by atoms with Gasteiger partial charge in [0.25, 0.3) is 0 Å². The largest absolute Gasteiger partial charge is 0.489 e. The summed E-state index contributed by atoms with van der Waals surface area (Å²) in [6, 6.07) is 11.3. The molecule has 2 aromatic rings. The van der Waals surface area contributed by atoms with Crippen molar-refractivity contribution < 1.29 is 13.5 Å². The van der Waals surface area contributed by atoms with Gasteiger partial charge < -0.3 is 10.1 Å². The van der Waals surface area contributed by atoms with Crippen LogP contribution in [0.2, 0.25) is 0 Å². The lowest BCUT2D eigenvalue weighted by Gasteiger charge is -2.27. The van der Waals surface area contributed by atoms with E-state index in [4.69, 9.17) is 4.74 Å². The van der Waals surface area contributed by atoms with E-state index in [2.05, 4.69) is 5.32 Å². The van der Waals surface area contributed by atoms with Crippen LogP contribution in [0.3, 0.4) is 0 Å². The zero-order chi connectivity index (χ0) is 12.5. The first-order valence-electron chi connectivity index (χ1n) is 5.67. The van der Waals surface area contributed by atoms with Crippen LogP contribution in [-0.2, 0) is 0 Å². The van der Waals surface area contributed by atoms with E-state index in [-0.39, 0.29) is 6.04 Å². The average molecular weight is 247 g/mol. The molecule has 1 unspecified atom stereocenters. The van der Waals surface area contributed by atoms with E-state index < -0.39 is 11.6 Å². The minimum absolute atomic E-state index is 0.171. The van der Waals surface area contributed by atoms with Gasteiger partial charge >= 0.3 is 0 Å². The number of halogens is 2. The summed E-state index contributed by atoms with van der Waals surface area (Å²) in [4.78, 5) is 0. The predicted octanol–water partition coefficient (Wildman–Crippen LogP) is 3.51. The van der Waals surface area contributed by atoms with E-state index in [0.717, 1.165) is 17.5 Å². The molecule has 2 nitrogen and oxygen atoms in total. The molecule has 18 heavy (non-hydrogen) atoms. The van der Waals surface area contributed by atoms with E-state index in [1.807, 2.05) is 24.3 Å². The van der Waals surface area contributed by atoms with E-state index >= 15 is 0 Å². The molecule has 0 aliphatic carbocycles. The summed E-state index contributed by atoms with van der Waals surface area (Å²) in [5, 5.41) is 3.25. The van der Waals surface area contributed by atoms with Crippen LogP contribution in [0.25, 0.3) is 0 Å². The van der Waals surface area contributed by atoms with Crippen molar-refractivity contribution in [2.24, 2.45) is 0 Å². The highest BCUT2D eigenvalue weighted by molar-refractivity contribution is 5.59. The van der Waals surface area contributed by atoms with Gasteiger partial charge in [-0.05, 0) is 29.8 Å². The Bertz CT molecular complexity index is 586. The Hall–Kier alpha value is -2.10. The molecule has 0 fully saturated rings. The van der Waals surface area contributed by atoms with Gasteiger partial charge in [0.15, 0.2) is 11.6 Å². The van der Waals surface area contributed by atoms with Gasteiger partial charge in [0.1, 0.15) is 12.4 Å². The molecule has 0 amide bonds. The molecule has 3 rings (SSSR count). The molecule has 1 atom stereocenters. The molecule has 0 aromatic heterocycles. The van der Waals surface area contributed by atoms with Crippen molar-refractivity contribution in [3.05, 3.63) is 59.7 Å². The topological polar surface area (TPSA) is 21.3 Å². The molecular weight excluding hydrogens is 236 g/mol. The Morgan fingerprint density at radius 1 is 1.06 bits per heavy atom. The zero-order valence-corrected chi connectivity index (χ0v) is 9.49. The van der Waals surface area contributed by atoms with Crippen molar-refractivity contribution in [1.82, 2.24) is 0 Å². The molecule has 0 radical (unpaired) electrons. The third kappa shape index (κ3) is 1.90. The molecule has 0 saturated carbocycles. The number of hydrogen-bond acceptors (Lipinski definition) is 2. The maximum absolute atomic E-state index is 13.2. The summed E-state index contributed by atoms with van der Waals surface area (Å²) in [7, 11) is 0. The third-order valence-electron chi connectivity index (χ3n) is 2.97. The first-order valence-corrected chi connectivity index (χ1v) is 5.67. The number of anilines is 1. The highest BCUT2D eigenvalue weighted by Gasteiger charge is 2.20. The SMILES string of the molecule is Fc1ccc(C2COc3ccccc3N2)cc1F. The summed E-state index contributed by atoms with van der Waals surface area (Å²) in [5.41, 5.74) is 1.53. The standard InChI is InChI=1S/C14H11F2NO/c15-10-6-5-9(7-11(10)16)13-8-18-14-4-2-1-3-12(14)17-13/h1-7,13,17H,8H2. The van der Waals surface area contributed by atoms with E-state index in [9.17, 15) is 8.78 Å². The minimum Gasteiger partial charge on any atom is -0.489 e. The van der Waals surface area contributed by atoms with Crippen molar-refractivity contribution in [3.63, 3.8) is 0 Å². The predicted molar refractivity (Wildman–Crippen MR) is 64.7 cm³/mol. The Morgan fingerprint density at radius 2 is 1.89 bits per heavy atom. The maximum Gasteiger partial charge on any atom is 0.159 e. The second kappa shape index (κ2) is 4.29. The van der Waals surface area contributed by atoms with Gasteiger partial charge in [-0.3, -0.25) is 0 Å². The number of benzene rings is 2. The van der Waals surface area contributed by atoms with E-state index in [1.54, 1.807) is 6.07 Å². The van der Waals surface area contributed by atoms with Gasteiger partial charge in [-0.15, -0.1) is 0 Å². The fourth-order valence-corrected chi connectivity index (χ4v) is 2.02. The van der Waals surface area contributed by atoms with Gasteiger partial charge in [-0.2, -0.15) is 0 Å².